The number of aromatic nitrogens is 3. The van der Waals surface area contributed by atoms with E-state index in [2.05, 4.69) is 19.9 Å². The summed E-state index contributed by atoms with van der Waals surface area (Å²) in [4.78, 5) is 3.86. The highest BCUT2D eigenvalue weighted by atomic mass is 32.2. The zero-order valence-electron chi connectivity index (χ0n) is 9.05. The minimum absolute atomic E-state index is 0.00599. The van der Waals surface area contributed by atoms with Gasteiger partial charge in [0.05, 0.1) is 11.8 Å². The van der Waals surface area contributed by atoms with Crippen molar-refractivity contribution in [3.05, 3.63) is 12.2 Å². The van der Waals surface area contributed by atoms with E-state index >= 15 is 0 Å². The molecule has 1 aromatic rings. The van der Waals surface area contributed by atoms with Crippen LogP contribution in [0.15, 0.2) is 6.33 Å². The van der Waals surface area contributed by atoms with Gasteiger partial charge in [0, 0.05) is 6.61 Å². The van der Waals surface area contributed by atoms with Crippen molar-refractivity contribution in [2.45, 2.75) is 25.8 Å². The highest BCUT2D eigenvalue weighted by molar-refractivity contribution is 7.89. The summed E-state index contributed by atoms with van der Waals surface area (Å²) in [7, 11) is -3.33. The molecule has 1 aromatic heterocycles. The topological polar surface area (TPSA) is 108 Å². The van der Waals surface area contributed by atoms with Crippen LogP contribution < -0.4 is 4.72 Å². The van der Waals surface area contributed by atoms with Crippen LogP contribution in [-0.4, -0.2) is 41.1 Å². The highest BCUT2D eigenvalue weighted by Gasteiger charge is 2.16. The van der Waals surface area contributed by atoms with Crippen LogP contribution in [0.5, 0.6) is 0 Å². The molecule has 1 heterocycles. The van der Waals surface area contributed by atoms with Gasteiger partial charge in [0.15, 0.2) is 0 Å². The first-order valence-electron chi connectivity index (χ1n) is 5.01. The fourth-order valence-corrected chi connectivity index (χ4v) is 2.56. The number of nitrogens with zero attached hydrogens (tertiary/aromatic N) is 2. The second-order valence-corrected chi connectivity index (χ2v) is 5.33. The van der Waals surface area contributed by atoms with Gasteiger partial charge in [-0.2, -0.15) is 5.10 Å². The lowest BCUT2D eigenvalue weighted by Gasteiger charge is -2.11. The number of aliphatic hydroxyl groups excluding tert-OH is 1. The fourth-order valence-electron chi connectivity index (χ4n) is 1.21. The number of sulfonamides is 1. The van der Waals surface area contributed by atoms with Crippen molar-refractivity contribution in [1.82, 2.24) is 19.9 Å². The van der Waals surface area contributed by atoms with Crippen LogP contribution in [0.2, 0.25) is 0 Å². The molecule has 0 spiro atoms. The summed E-state index contributed by atoms with van der Waals surface area (Å²) in [5.74, 6) is 0.484. The van der Waals surface area contributed by atoms with E-state index < -0.39 is 16.1 Å². The molecule has 92 valence electrons. The van der Waals surface area contributed by atoms with Crippen LogP contribution in [0.3, 0.4) is 0 Å². The molecular weight excluding hydrogens is 232 g/mol. The van der Waals surface area contributed by atoms with Crippen LogP contribution in [0.25, 0.3) is 0 Å². The second-order valence-electron chi connectivity index (χ2n) is 3.46. The predicted octanol–water partition coefficient (Wildman–Crippen LogP) is -0.442. The van der Waals surface area contributed by atoms with Crippen molar-refractivity contribution in [2.75, 3.05) is 12.4 Å². The lowest BCUT2D eigenvalue weighted by atomic mass is 10.3. The molecule has 0 aliphatic carbocycles. The number of rotatable bonds is 7. The molecule has 0 radical (unpaired) electrons. The third-order valence-electron chi connectivity index (χ3n) is 2.02. The Kier molecular flexibility index (Phi) is 4.84. The molecule has 0 fully saturated rings. The van der Waals surface area contributed by atoms with Crippen molar-refractivity contribution in [3.8, 4) is 0 Å². The van der Waals surface area contributed by atoms with E-state index in [9.17, 15) is 8.42 Å². The van der Waals surface area contributed by atoms with E-state index in [0.717, 1.165) is 0 Å². The van der Waals surface area contributed by atoms with Gasteiger partial charge in [-0.25, -0.2) is 18.1 Å². The number of H-pyrrole nitrogens is 1. The molecular formula is C8H16N4O3S. The highest BCUT2D eigenvalue weighted by Crippen LogP contribution is 2.07. The predicted molar refractivity (Wildman–Crippen MR) is 58.0 cm³/mol. The van der Waals surface area contributed by atoms with Crippen molar-refractivity contribution in [3.63, 3.8) is 0 Å². The Morgan fingerprint density at radius 1 is 1.56 bits per heavy atom. The van der Waals surface area contributed by atoms with E-state index in [0.29, 0.717) is 18.7 Å². The maximum absolute atomic E-state index is 11.6. The third kappa shape index (κ3) is 4.25. The summed E-state index contributed by atoms with van der Waals surface area (Å²) in [5, 5.41) is 14.8. The van der Waals surface area contributed by atoms with Crippen LogP contribution in [0.4, 0.5) is 0 Å². The van der Waals surface area contributed by atoms with E-state index in [1.807, 2.05) is 0 Å². The van der Waals surface area contributed by atoms with Crippen molar-refractivity contribution >= 4 is 10.0 Å². The summed E-state index contributed by atoms with van der Waals surface area (Å²) in [6, 6.07) is -0.429. The molecule has 0 saturated carbocycles. The van der Waals surface area contributed by atoms with E-state index in [1.54, 1.807) is 6.92 Å². The van der Waals surface area contributed by atoms with Gasteiger partial charge in [-0.3, -0.25) is 5.10 Å². The van der Waals surface area contributed by atoms with Gasteiger partial charge in [-0.05, 0) is 19.8 Å². The molecule has 3 N–H and O–H groups in total. The molecule has 0 aromatic carbocycles. The summed E-state index contributed by atoms with van der Waals surface area (Å²) in [6.07, 6.45) is 2.25. The molecule has 1 atom stereocenters. The van der Waals surface area contributed by atoms with Crippen molar-refractivity contribution in [1.29, 1.82) is 0 Å². The van der Waals surface area contributed by atoms with Crippen molar-refractivity contribution in [2.24, 2.45) is 0 Å². The first kappa shape index (κ1) is 13.1. The standard InChI is InChI=1S/C8H16N4O3S/c1-7(8-9-6-10-11-8)12-16(14,15)5-3-2-4-13/h6-7,12-13H,2-5H2,1H3,(H,9,10,11). The van der Waals surface area contributed by atoms with Crippen molar-refractivity contribution < 1.29 is 13.5 Å². The van der Waals surface area contributed by atoms with Gasteiger partial charge in [-0.1, -0.05) is 0 Å². The number of aromatic amines is 1. The fraction of sp³-hybridized carbons (Fsp3) is 0.750. The zero-order valence-corrected chi connectivity index (χ0v) is 9.87. The summed E-state index contributed by atoms with van der Waals surface area (Å²) < 4.78 is 25.6. The Labute approximate surface area is 94.3 Å². The smallest absolute Gasteiger partial charge is 0.212 e. The molecule has 16 heavy (non-hydrogen) atoms. The molecule has 0 amide bonds. The number of aliphatic hydroxyl groups is 1. The normalized spacial score (nSPS) is 13.9. The first-order valence-corrected chi connectivity index (χ1v) is 6.66. The molecule has 8 heteroatoms. The minimum Gasteiger partial charge on any atom is -0.396 e. The lowest BCUT2D eigenvalue weighted by Crippen LogP contribution is -2.29. The van der Waals surface area contributed by atoms with Crippen LogP contribution >= 0.6 is 0 Å². The quantitative estimate of drug-likeness (QED) is 0.567. The van der Waals surface area contributed by atoms with Crippen LogP contribution in [0.1, 0.15) is 31.6 Å². The van der Waals surface area contributed by atoms with Gasteiger partial charge in [0.25, 0.3) is 0 Å². The van der Waals surface area contributed by atoms with Crippen LogP contribution in [0, 0.1) is 0 Å². The molecule has 0 bridgehead atoms. The van der Waals surface area contributed by atoms with E-state index in [1.165, 1.54) is 6.33 Å². The Morgan fingerprint density at radius 2 is 2.31 bits per heavy atom. The summed E-state index contributed by atoms with van der Waals surface area (Å²) in [6.45, 7) is 1.69. The number of nitrogens with one attached hydrogen (secondary N) is 2. The Morgan fingerprint density at radius 3 is 2.88 bits per heavy atom. The monoisotopic (exact) mass is 248 g/mol. The summed E-state index contributed by atoms with van der Waals surface area (Å²) >= 11 is 0. The average Bonchev–Trinajstić information content (AvgIpc) is 2.69. The van der Waals surface area contributed by atoms with Gasteiger partial charge < -0.3 is 5.11 Å². The first-order chi connectivity index (χ1) is 7.55. The second kappa shape index (κ2) is 5.92. The Balaban J connectivity index is 2.46. The number of hydrogen-bond donors (Lipinski definition) is 3. The van der Waals surface area contributed by atoms with Crippen LogP contribution in [-0.2, 0) is 10.0 Å². The maximum atomic E-state index is 11.6. The number of hydrogen-bond acceptors (Lipinski definition) is 5. The van der Waals surface area contributed by atoms with E-state index in [4.69, 9.17) is 5.11 Å². The molecule has 0 saturated heterocycles. The van der Waals surface area contributed by atoms with Gasteiger partial charge >= 0.3 is 0 Å². The molecule has 7 nitrogen and oxygen atoms in total. The SMILES string of the molecule is CC(NS(=O)(=O)CCCCO)c1ncn[nH]1. The minimum atomic E-state index is -3.33. The molecule has 0 aliphatic rings. The third-order valence-corrected chi connectivity index (χ3v) is 3.56. The Bertz CT molecular complexity index is 389. The van der Waals surface area contributed by atoms with Gasteiger partial charge in [-0.15, -0.1) is 0 Å². The zero-order chi connectivity index (χ0) is 12.0. The molecule has 0 aliphatic heterocycles. The maximum Gasteiger partial charge on any atom is 0.212 e. The largest absolute Gasteiger partial charge is 0.396 e. The Hall–Kier alpha value is -0.990. The average molecular weight is 248 g/mol. The van der Waals surface area contributed by atoms with E-state index in [-0.39, 0.29) is 12.4 Å². The lowest BCUT2D eigenvalue weighted by molar-refractivity contribution is 0.287. The number of unbranched alkanes of at least 4 members (excludes halogenated alkanes) is 1. The van der Waals surface area contributed by atoms with Gasteiger partial charge in [0.1, 0.15) is 12.2 Å². The summed E-state index contributed by atoms with van der Waals surface area (Å²) in [5.41, 5.74) is 0. The van der Waals surface area contributed by atoms with Gasteiger partial charge in [0.2, 0.25) is 10.0 Å². The molecule has 1 unspecified atom stereocenters. The molecule has 1 rings (SSSR count).